The molecule has 5 heteroatoms. The number of carbonyl (C=O) groups excluding carboxylic acids is 1. The fourth-order valence-corrected chi connectivity index (χ4v) is 4.97. The molecule has 0 spiro atoms. The number of hydrogen-bond donors (Lipinski definition) is 1. The Morgan fingerprint density at radius 2 is 1.82 bits per heavy atom. The minimum absolute atomic E-state index is 0.0122. The summed E-state index contributed by atoms with van der Waals surface area (Å²) in [4.78, 5) is 14.7. The van der Waals surface area contributed by atoms with E-state index in [2.05, 4.69) is 6.07 Å². The highest BCUT2D eigenvalue weighted by atomic mass is 16.6. The first kappa shape index (κ1) is 19.3. The second kappa shape index (κ2) is 6.49. The highest BCUT2D eigenvalue weighted by Crippen LogP contribution is 2.50. The van der Waals surface area contributed by atoms with Crippen molar-refractivity contribution in [2.24, 2.45) is 0 Å². The number of amides is 1. The second-order valence-electron chi connectivity index (χ2n) is 9.84. The van der Waals surface area contributed by atoms with Crippen LogP contribution in [-0.2, 0) is 15.8 Å². The van der Waals surface area contributed by atoms with E-state index in [1.807, 2.05) is 49.9 Å². The molecule has 4 rings (SSSR count). The lowest BCUT2D eigenvalue weighted by Crippen LogP contribution is -2.59. The maximum atomic E-state index is 12.8. The normalized spacial score (nSPS) is 31.0. The van der Waals surface area contributed by atoms with Gasteiger partial charge < -0.3 is 14.7 Å². The van der Waals surface area contributed by atoms with Crippen LogP contribution in [0.2, 0.25) is 0 Å². The van der Waals surface area contributed by atoms with Crippen LogP contribution in [0.1, 0.15) is 76.8 Å². The topological polar surface area (TPSA) is 73.6 Å². The molecule has 2 unspecified atom stereocenters. The quantitative estimate of drug-likeness (QED) is 0.824. The van der Waals surface area contributed by atoms with Crippen molar-refractivity contribution in [1.29, 1.82) is 5.26 Å². The molecule has 0 radical (unpaired) electrons. The molecule has 150 valence electrons. The van der Waals surface area contributed by atoms with E-state index in [1.54, 1.807) is 0 Å². The van der Waals surface area contributed by atoms with Crippen molar-refractivity contribution in [1.82, 2.24) is 4.90 Å². The zero-order valence-electron chi connectivity index (χ0n) is 17.1. The largest absolute Gasteiger partial charge is 0.444 e. The molecule has 2 atom stereocenters. The number of aliphatic hydroxyl groups is 1. The number of carbonyl (C=O) groups is 1. The lowest BCUT2D eigenvalue weighted by atomic mass is 9.72. The smallest absolute Gasteiger partial charge is 0.410 e. The minimum Gasteiger partial charge on any atom is -0.444 e. The maximum absolute atomic E-state index is 12.8. The number of nitrogens with zero attached hydrogens (tertiary/aromatic N) is 2. The molecule has 3 fully saturated rings. The molecule has 0 aromatic heterocycles. The van der Waals surface area contributed by atoms with Crippen LogP contribution in [0.5, 0.6) is 0 Å². The number of hydrogen-bond acceptors (Lipinski definition) is 4. The molecule has 2 aliphatic heterocycles. The van der Waals surface area contributed by atoms with Crippen LogP contribution in [0.3, 0.4) is 0 Å². The molecule has 1 N–H and O–H groups in total. The van der Waals surface area contributed by atoms with E-state index in [9.17, 15) is 15.2 Å². The van der Waals surface area contributed by atoms with Gasteiger partial charge in [0.15, 0.2) is 0 Å². The van der Waals surface area contributed by atoms with E-state index in [4.69, 9.17) is 4.74 Å². The van der Waals surface area contributed by atoms with Gasteiger partial charge in [0.25, 0.3) is 0 Å². The van der Waals surface area contributed by atoms with Crippen LogP contribution < -0.4 is 0 Å². The molecule has 2 saturated heterocycles. The van der Waals surface area contributed by atoms with Crippen molar-refractivity contribution in [3.05, 3.63) is 35.4 Å². The van der Waals surface area contributed by atoms with Crippen LogP contribution in [-0.4, -0.2) is 33.8 Å². The van der Waals surface area contributed by atoms with Crippen LogP contribution in [0.4, 0.5) is 4.79 Å². The van der Waals surface area contributed by atoms with Gasteiger partial charge in [0, 0.05) is 24.9 Å². The van der Waals surface area contributed by atoms with Crippen molar-refractivity contribution in [2.45, 2.75) is 94.4 Å². The molecule has 2 heterocycles. The number of nitriles is 1. The standard InChI is InChI=1S/C23H30N2O3/c1-21(2,3)28-20(26)25-18-8-5-9-19(25)14-23(27,13-18)17-7-4-6-16(12-17)22(15-24)10-11-22/h4,6-7,12,18-19,27H,5,8-11,13-14H2,1-3H3. The molecule has 2 bridgehead atoms. The van der Waals surface area contributed by atoms with E-state index in [-0.39, 0.29) is 23.6 Å². The highest BCUT2D eigenvalue weighted by Gasteiger charge is 2.50. The van der Waals surface area contributed by atoms with Gasteiger partial charge in [-0.25, -0.2) is 4.79 Å². The van der Waals surface area contributed by atoms with Crippen molar-refractivity contribution < 1.29 is 14.6 Å². The monoisotopic (exact) mass is 382 g/mol. The van der Waals surface area contributed by atoms with Gasteiger partial charge in [-0.2, -0.15) is 5.26 Å². The van der Waals surface area contributed by atoms with Gasteiger partial charge in [-0.3, -0.25) is 0 Å². The Labute approximate surface area is 167 Å². The average molecular weight is 383 g/mol. The van der Waals surface area contributed by atoms with E-state index in [0.29, 0.717) is 12.8 Å². The van der Waals surface area contributed by atoms with Gasteiger partial charge in [-0.15, -0.1) is 0 Å². The van der Waals surface area contributed by atoms with E-state index < -0.39 is 11.2 Å². The molecule has 3 aliphatic rings. The summed E-state index contributed by atoms with van der Waals surface area (Å²) in [6.45, 7) is 5.65. The summed E-state index contributed by atoms with van der Waals surface area (Å²) < 4.78 is 5.64. The Balaban J connectivity index is 1.59. The van der Waals surface area contributed by atoms with Crippen LogP contribution >= 0.6 is 0 Å². The Morgan fingerprint density at radius 1 is 1.21 bits per heavy atom. The van der Waals surface area contributed by atoms with Gasteiger partial charge in [-0.1, -0.05) is 24.3 Å². The number of benzene rings is 1. The number of piperidine rings is 2. The Hall–Kier alpha value is -2.06. The van der Waals surface area contributed by atoms with Crippen LogP contribution in [0.15, 0.2) is 24.3 Å². The maximum Gasteiger partial charge on any atom is 0.410 e. The van der Waals surface area contributed by atoms with E-state index >= 15 is 0 Å². The van der Waals surface area contributed by atoms with Crippen molar-refractivity contribution in [3.8, 4) is 6.07 Å². The van der Waals surface area contributed by atoms with Gasteiger partial charge in [0.05, 0.1) is 17.1 Å². The Bertz CT molecular complexity index is 802. The summed E-state index contributed by atoms with van der Waals surface area (Å²) in [5.41, 5.74) is 0.0476. The molecule has 5 nitrogen and oxygen atoms in total. The summed E-state index contributed by atoms with van der Waals surface area (Å²) in [7, 11) is 0. The first-order valence-corrected chi connectivity index (χ1v) is 10.4. The molecule has 1 aromatic carbocycles. The molecule has 1 saturated carbocycles. The average Bonchev–Trinajstić information content (AvgIpc) is 3.41. The van der Waals surface area contributed by atoms with Gasteiger partial charge >= 0.3 is 6.09 Å². The lowest BCUT2D eigenvalue weighted by Gasteiger charge is -2.52. The number of rotatable bonds is 2. The van der Waals surface area contributed by atoms with E-state index in [1.165, 1.54) is 0 Å². The molecular weight excluding hydrogens is 352 g/mol. The third-order valence-corrected chi connectivity index (χ3v) is 6.53. The summed E-state index contributed by atoms with van der Waals surface area (Å²) in [5, 5.41) is 21.1. The highest BCUT2D eigenvalue weighted by molar-refractivity contribution is 5.69. The first-order valence-electron chi connectivity index (χ1n) is 10.4. The van der Waals surface area contributed by atoms with Gasteiger partial charge in [0.2, 0.25) is 0 Å². The van der Waals surface area contributed by atoms with Gasteiger partial charge in [-0.05, 0) is 64.0 Å². The third-order valence-electron chi connectivity index (χ3n) is 6.53. The lowest BCUT2D eigenvalue weighted by molar-refractivity contribution is -0.0965. The zero-order chi connectivity index (χ0) is 20.2. The van der Waals surface area contributed by atoms with E-state index in [0.717, 1.165) is 43.2 Å². The van der Waals surface area contributed by atoms with Crippen molar-refractivity contribution in [2.75, 3.05) is 0 Å². The summed E-state index contributed by atoms with van der Waals surface area (Å²) in [6, 6.07) is 10.4. The summed E-state index contributed by atoms with van der Waals surface area (Å²) >= 11 is 0. The predicted molar refractivity (Wildman–Crippen MR) is 106 cm³/mol. The molecular formula is C23H30N2O3. The fraction of sp³-hybridized carbons (Fsp3) is 0.652. The SMILES string of the molecule is CC(C)(C)OC(=O)N1C2CCCC1CC(O)(c1cccc(C3(C#N)CC3)c1)C2. The van der Waals surface area contributed by atoms with Crippen molar-refractivity contribution in [3.63, 3.8) is 0 Å². The predicted octanol–water partition coefficient (Wildman–Crippen LogP) is 4.38. The Kier molecular flexibility index (Phi) is 4.46. The van der Waals surface area contributed by atoms with Gasteiger partial charge in [0.1, 0.15) is 5.60 Å². The van der Waals surface area contributed by atoms with Crippen molar-refractivity contribution >= 4 is 6.09 Å². The molecule has 28 heavy (non-hydrogen) atoms. The summed E-state index contributed by atoms with van der Waals surface area (Å²) in [6.07, 6.45) is 5.41. The third kappa shape index (κ3) is 3.39. The van der Waals surface area contributed by atoms with Crippen LogP contribution in [0.25, 0.3) is 0 Å². The fourth-order valence-electron chi connectivity index (χ4n) is 4.97. The first-order chi connectivity index (χ1) is 13.2. The second-order valence-corrected chi connectivity index (χ2v) is 9.84. The zero-order valence-corrected chi connectivity index (χ0v) is 17.1. The van der Waals surface area contributed by atoms with Crippen LogP contribution in [0, 0.1) is 11.3 Å². The molecule has 1 aromatic rings. The Morgan fingerprint density at radius 3 is 2.36 bits per heavy atom. The minimum atomic E-state index is -0.962. The summed E-state index contributed by atoms with van der Waals surface area (Å²) in [5.74, 6) is 0. The molecule has 1 amide bonds. The molecule has 1 aliphatic carbocycles. The number of fused-ring (bicyclic) bond motifs is 2. The number of ether oxygens (including phenoxy) is 1.